The molecule has 4 aromatic rings. The summed E-state index contributed by atoms with van der Waals surface area (Å²) in [5, 5.41) is 2.10. The maximum atomic E-state index is 5.62. The summed E-state index contributed by atoms with van der Waals surface area (Å²) >= 11 is 0. The third kappa shape index (κ3) is 2.73. The average molecular weight is 359 g/mol. The molecule has 136 valence electrons. The number of fused-ring (bicyclic) bond motifs is 2. The Labute approximate surface area is 157 Å². The number of nitrogens with zero attached hydrogens (tertiary/aromatic N) is 4. The lowest BCUT2D eigenvalue weighted by Gasteiger charge is -2.35. The van der Waals surface area contributed by atoms with E-state index in [9.17, 15) is 0 Å². The Balaban J connectivity index is 1.77. The van der Waals surface area contributed by atoms with E-state index in [1.807, 2.05) is 25.3 Å². The fourth-order valence-electron chi connectivity index (χ4n) is 3.75. The predicted octanol–water partition coefficient (Wildman–Crippen LogP) is 3.71. The van der Waals surface area contributed by atoms with E-state index in [4.69, 9.17) is 19.7 Å². The molecule has 1 fully saturated rings. The van der Waals surface area contributed by atoms with Crippen LogP contribution in [0.4, 0.5) is 5.82 Å². The van der Waals surface area contributed by atoms with Crippen LogP contribution in [0.2, 0.25) is 0 Å². The quantitative estimate of drug-likeness (QED) is 0.591. The van der Waals surface area contributed by atoms with Crippen LogP contribution in [0.25, 0.3) is 33.3 Å². The lowest BCUT2D eigenvalue weighted by atomic mass is 10.1. The molecule has 6 nitrogen and oxygen atoms in total. The molecular weight excluding hydrogens is 338 g/mol. The van der Waals surface area contributed by atoms with E-state index in [2.05, 4.69) is 41.1 Å². The highest BCUT2D eigenvalue weighted by Gasteiger charge is 2.24. The van der Waals surface area contributed by atoms with Gasteiger partial charge >= 0.3 is 0 Å². The van der Waals surface area contributed by atoms with Crippen LogP contribution >= 0.6 is 0 Å². The first-order valence-electron chi connectivity index (χ1n) is 9.27. The molecule has 1 N–H and O–H groups in total. The van der Waals surface area contributed by atoms with Gasteiger partial charge in [0.15, 0.2) is 11.5 Å². The van der Waals surface area contributed by atoms with Crippen LogP contribution in [-0.2, 0) is 4.74 Å². The molecule has 0 bridgehead atoms. The van der Waals surface area contributed by atoms with E-state index < -0.39 is 0 Å². The van der Waals surface area contributed by atoms with Crippen molar-refractivity contribution in [2.24, 2.45) is 0 Å². The van der Waals surface area contributed by atoms with Crippen LogP contribution in [0.15, 0.2) is 42.6 Å². The fraction of sp³-hybridized carbons (Fsp3) is 0.286. The molecule has 1 aromatic carbocycles. The van der Waals surface area contributed by atoms with Crippen LogP contribution in [0, 0.1) is 6.92 Å². The second-order valence-electron chi connectivity index (χ2n) is 7.06. The number of aryl methyl sites for hydroxylation is 1. The van der Waals surface area contributed by atoms with Gasteiger partial charge in [-0.15, -0.1) is 0 Å². The molecule has 0 aliphatic carbocycles. The second-order valence-corrected chi connectivity index (χ2v) is 7.06. The molecule has 0 spiro atoms. The zero-order chi connectivity index (χ0) is 18.4. The number of hydrogen-bond donors (Lipinski definition) is 1. The van der Waals surface area contributed by atoms with Gasteiger partial charge in [0.25, 0.3) is 0 Å². The van der Waals surface area contributed by atoms with E-state index in [1.165, 1.54) is 0 Å². The Bertz CT molecular complexity index is 1140. The predicted molar refractivity (Wildman–Crippen MR) is 107 cm³/mol. The summed E-state index contributed by atoms with van der Waals surface area (Å²) in [4.78, 5) is 20.1. The van der Waals surface area contributed by atoms with Crippen molar-refractivity contribution in [2.75, 3.05) is 24.7 Å². The van der Waals surface area contributed by atoms with E-state index in [0.717, 1.165) is 45.6 Å². The van der Waals surface area contributed by atoms with Gasteiger partial charge in [-0.25, -0.2) is 15.0 Å². The first-order chi connectivity index (χ1) is 13.2. The fourth-order valence-corrected chi connectivity index (χ4v) is 3.75. The van der Waals surface area contributed by atoms with Crippen LogP contribution in [0.5, 0.6) is 0 Å². The minimum Gasteiger partial charge on any atom is -0.377 e. The summed E-state index contributed by atoms with van der Waals surface area (Å²) in [6.07, 6.45) is 1.95. The molecule has 4 heterocycles. The molecule has 6 heteroatoms. The highest BCUT2D eigenvalue weighted by atomic mass is 16.5. The molecule has 27 heavy (non-hydrogen) atoms. The molecule has 1 aliphatic heterocycles. The van der Waals surface area contributed by atoms with Gasteiger partial charge in [-0.1, -0.05) is 12.1 Å². The maximum Gasteiger partial charge on any atom is 0.165 e. The number of anilines is 1. The number of aromatic amines is 1. The summed E-state index contributed by atoms with van der Waals surface area (Å²) in [7, 11) is 0. The summed E-state index contributed by atoms with van der Waals surface area (Å²) in [6, 6.07) is 12.6. The van der Waals surface area contributed by atoms with Crippen molar-refractivity contribution in [3.63, 3.8) is 0 Å². The molecule has 1 saturated heterocycles. The number of pyridine rings is 1. The number of morpholine rings is 1. The number of aromatic nitrogens is 4. The Hall–Kier alpha value is -2.99. The molecule has 1 atom stereocenters. The van der Waals surface area contributed by atoms with E-state index in [0.29, 0.717) is 19.0 Å². The van der Waals surface area contributed by atoms with Crippen molar-refractivity contribution in [1.29, 1.82) is 0 Å². The van der Waals surface area contributed by atoms with Gasteiger partial charge in [0, 0.05) is 34.9 Å². The molecule has 1 aliphatic rings. The third-order valence-corrected chi connectivity index (χ3v) is 5.15. The average Bonchev–Trinajstić information content (AvgIpc) is 3.16. The highest BCUT2D eigenvalue weighted by molar-refractivity contribution is 5.96. The minimum atomic E-state index is 0.258. The van der Waals surface area contributed by atoms with Crippen molar-refractivity contribution >= 4 is 27.8 Å². The van der Waals surface area contributed by atoms with Crippen molar-refractivity contribution in [1.82, 2.24) is 19.9 Å². The van der Waals surface area contributed by atoms with Gasteiger partial charge < -0.3 is 14.6 Å². The second kappa shape index (κ2) is 6.32. The molecule has 5 rings (SSSR count). The third-order valence-electron chi connectivity index (χ3n) is 5.15. The van der Waals surface area contributed by atoms with Crippen molar-refractivity contribution in [2.45, 2.75) is 19.9 Å². The Morgan fingerprint density at radius 3 is 2.89 bits per heavy atom. The number of rotatable bonds is 2. The van der Waals surface area contributed by atoms with Gasteiger partial charge in [0.2, 0.25) is 0 Å². The van der Waals surface area contributed by atoms with Crippen molar-refractivity contribution in [3.05, 3.63) is 48.3 Å². The Morgan fingerprint density at radius 2 is 2.00 bits per heavy atom. The van der Waals surface area contributed by atoms with E-state index in [-0.39, 0.29) is 6.04 Å². The topological polar surface area (TPSA) is 66.9 Å². The Morgan fingerprint density at radius 1 is 1.07 bits per heavy atom. The van der Waals surface area contributed by atoms with E-state index >= 15 is 0 Å². The van der Waals surface area contributed by atoms with Crippen LogP contribution < -0.4 is 4.90 Å². The van der Waals surface area contributed by atoms with Crippen LogP contribution in [0.3, 0.4) is 0 Å². The number of H-pyrrole nitrogens is 1. The minimum absolute atomic E-state index is 0.258. The summed E-state index contributed by atoms with van der Waals surface area (Å²) < 4.78 is 5.62. The number of nitrogens with one attached hydrogen (secondary N) is 1. The monoisotopic (exact) mass is 359 g/mol. The zero-order valence-corrected chi connectivity index (χ0v) is 15.4. The molecule has 1 unspecified atom stereocenters. The first kappa shape index (κ1) is 16.2. The Kier molecular flexibility index (Phi) is 3.79. The van der Waals surface area contributed by atoms with Crippen LogP contribution in [-0.4, -0.2) is 45.7 Å². The molecule has 0 amide bonds. The number of benzene rings is 1. The molecular formula is C21H21N5O. The lowest BCUT2D eigenvalue weighted by Crippen LogP contribution is -2.44. The van der Waals surface area contributed by atoms with E-state index in [1.54, 1.807) is 0 Å². The maximum absolute atomic E-state index is 5.62. The first-order valence-corrected chi connectivity index (χ1v) is 9.27. The number of hydrogen-bond acceptors (Lipinski definition) is 5. The van der Waals surface area contributed by atoms with Crippen molar-refractivity contribution < 1.29 is 4.74 Å². The molecule has 0 radical (unpaired) electrons. The lowest BCUT2D eigenvalue weighted by molar-refractivity contribution is 0.0987. The SMILES string of the molecule is Cc1ccc2c(N3CCOCC3C)nc(-c3cccc4[nH]ccc34)nc2n1. The van der Waals surface area contributed by atoms with Crippen molar-refractivity contribution in [3.8, 4) is 11.4 Å². The van der Waals surface area contributed by atoms with Gasteiger partial charge in [0.05, 0.1) is 24.6 Å². The summed E-state index contributed by atoms with van der Waals surface area (Å²) in [6.45, 7) is 6.38. The largest absolute Gasteiger partial charge is 0.377 e. The number of ether oxygens (including phenoxy) is 1. The normalized spacial score (nSPS) is 17.7. The summed E-state index contributed by atoms with van der Waals surface area (Å²) in [5.41, 5.74) is 3.78. The van der Waals surface area contributed by atoms with Gasteiger partial charge in [-0.2, -0.15) is 0 Å². The van der Waals surface area contributed by atoms with Gasteiger partial charge in [-0.05, 0) is 38.1 Å². The molecule has 3 aromatic heterocycles. The zero-order valence-electron chi connectivity index (χ0n) is 15.4. The van der Waals surface area contributed by atoms with Gasteiger partial charge in [-0.3, -0.25) is 0 Å². The van der Waals surface area contributed by atoms with Gasteiger partial charge in [0.1, 0.15) is 5.82 Å². The molecule has 0 saturated carbocycles. The summed E-state index contributed by atoms with van der Waals surface area (Å²) in [5.74, 6) is 1.64. The van der Waals surface area contributed by atoms with Crippen LogP contribution in [0.1, 0.15) is 12.6 Å². The smallest absolute Gasteiger partial charge is 0.165 e. The highest BCUT2D eigenvalue weighted by Crippen LogP contribution is 2.32. The standard InChI is InChI=1S/C21H21N5O/c1-13-6-7-17-20(23-13)24-19(16-4-3-5-18-15(16)8-9-22-18)25-21(17)26-10-11-27-12-14(26)2/h3-9,14,22H,10-12H2,1-2H3.